The zero-order valence-electron chi connectivity index (χ0n) is 10.3. The van der Waals surface area contributed by atoms with Crippen LogP contribution in [-0.4, -0.2) is 30.7 Å². The molecule has 3 rings (SSSR count). The lowest BCUT2D eigenvalue weighted by Crippen LogP contribution is -2.00. The standard InChI is InChI=1S/C14H10N4O2/c19-14(20)12-7-11(15-9-16-12)5-4-10-8-17-18-6-2-1-3-13(10)18/h1-9H,(H,19,20)/b5-4+. The first-order valence-corrected chi connectivity index (χ1v) is 5.90. The fraction of sp³-hybridized carbons (Fsp3) is 0. The van der Waals surface area contributed by atoms with Crippen LogP contribution in [-0.2, 0) is 0 Å². The monoisotopic (exact) mass is 266 g/mol. The number of aromatic carboxylic acids is 1. The topological polar surface area (TPSA) is 80.4 Å². The number of rotatable bonds is 3. The number of hydrogen-bond donors (Lipinski definition) is 1. The van der Waals surface area contributed by atoms with Gasteiger partial charge in [-0.2, -0.15) is 5.10 Å². The van der Waals surface area contributed by atoms with Crippen LogP contribution in [0.25, 0.3) is 17.7 Å². The third kappa shape index (κ3) is 2.26. The summed E-state index contributed by atoms with van der Waals surface area (Å²) in [6.07, 6.45) is 8.42. The molecule has 1 N–H and O–H groups in total. The lowest BCUT2D eigenvalue weighted by molar-refractivity contribution is 0.0690. The highest BCUT2D eigenvalue weighted by Gasteiger charge is 2.04. The summed E-state index contributed by atoms with van der Waals surface area (Å²) in [5.74, 6) is -1.07. The van der Waals surface area contributed by atoms with Crippen LogP contribution in [0, 0.1) is 0 Å². The fourth-order valence-electron chi connectivity index (χ4n) is 1.84. The molecule has 0 bridgehead atoms. The number of carboxylic acids is 1. The van der Waals surface area contributed by atoms with Crippen LogP contribution in [0.2, 0.25) is 0 Å². The summed E-state index contributed by atoms with van der Waals surface area (Å²) in [6.45, 7) is 0. The van der Waals surface area contributed by atoms with Crippen molar-refractivity contribution in [3.8, 4) is 0 Å². The summed E-state index contributed by atoms with van der Waals surface area (Å²) in [7, 11) is 0. The molecule has 20 heavy (non-hydrogen) atoms. The molecule has 0 aliphatic carbocycles. The highest BCUT2D eigenvalue weighted by atomic mass is 16.4. The average molecular weight is 266 g/mol. The molecule has 0 atom stereocenters. The lowest BCUT2D eigenvalue weighted by Gasteiger charge is -1.95. The second-order valence-electron chi connectivity index (χ2n) is 4.10. The maximum Gasteiger partial charge on any atom is 0.354 e. The van der Waals surface area contributed by atoms with Gasteiger partial charge in [0, 0.05) is 11.8 Å². The molecular weight excluding hydrogens is 256 g/mol. The Morgan fingerprint density at radius 2 is 2.15 bits per heavy atom. The maximum atomic E-state index is 10.8. The lowest BCUT2D eigenvalue weighted by atomic mass is 10.2. The van der Waals surface area contributed by atoms with E-state index in [4.69, 9.17) is 5.11 Å². The number of nitrogens with zero attached hydrogens (tertiary/aromatic N) is 4. The molecule has 0 aliphatic rings. The summed E-state index contributed by atoms with van der Waals surface area (Å²) in [6, 6.07) is 7.21. The van der Waals surface area contributed by atoms with E-state index in [1.165, 1.54) is 12.4 Å². The Morgan fingerprint density at radius 3 is 3.00 bits per heavy atom. The maximum absolute atomic E-state index is 10.8. The van der Waals surface area contributed by atoms with Gasteiger partial charge in [-0.15, -0.1) is 0 Å². The summed E-state index contributed by atoms with van der Waals surface area (Å²) < 4.78 is 1.77. The second-order valence-corrected chi connectivity index (χ2v) is 4.10. The first kappa shape index (κ1) is 12.0. The third-order valence-corrected chi connectivity index (χ3v) is 2.80. The van der Waals surface area contributed by atoms with Crippen molar-refractivity contribution < 1.29 is 9.90 Å². The Balaban J connectivity index is 1.94. The van der Waals surface area contributed by atoms with E-state index in [0.29, 0.717) is 5.69 Å². The van der Waals surface area contributed by atoms with Gasteiger partial charge < -0.3 is 5.11 Å². The summed E-state index contributed by atoms with van der Waals surface area (Å²) in [5.41, 5.74) is 2.41. The zero-order valence-corrected chi connectivity index (χ0v) is 10.3. The van der Waals surface area contributed by atoms with Gasteiger partial charge in [0.15, 0.2) is 5.69 Å². The molecule has 3 aromatic rings. The number of hydrogen-bond acceptors (Lipinski definition) is 4. The smallest absolute Gasteiger partial charge is 0.354 e. The molecule has 0 unspecified atom stereocenters. The van der Waals surface area contributed by atoms with Crippen LogP contribution in [0.1, 0.15) is 21.7 Å². The van der Waals surface area contributed by atoms with E-state index in [1.807, 2.05) is 30.5 Å². The molecule has 98 valence electrons. The van der Waals surface area contributed by atoms with Gasteiger partial charge in [0.2, 0.25) is 0 Å². The molecule has 6 heteroatoms. The van der Waals surface area contributed by atoms with Gasteiger partial charge >= 0.3 is 5.97 Å². The van der Waals surface area contributed by atoms with Gasteiger partial charge in [0.1, 0.15) is 6.33 Å². The molecule has 6 nitrogen and oxygen atoms in total. The van der Waals surface area contributed by atoms with Gasteiger partial charge in [-0.25, -0.2) is 19.3 Å². The first-order valence-electron chi connectivity index (χ1n) is 5.90. The quantitative estimate of drug-likeness (QED) is 0.784. The van der Waals surface area contributed by atoms with Gasteiger partial charge in [-0.1, -0.05) is 6.07 Å². The van der Waals surface area contributed by atoms with E-state index in [9.17, 15) is 4.79 Å². The van der Waals surface area contributed by atoms with Gasteiger partial charge in [0.25, 0.3) is 0 Å². The summed E-state index contributed by atoms with van der Waals surface area (Å²) >= 11 is 0. The Labute approximate surface area is 114 Å². The van der Waals surface area contributed by atoms with Crippen LogP contribution in [0.3, 0.4) is 0 Å². The minimum Gasteiger partial charge on any atom is -0.477 e. The molecule has 0 fully saturated rings. The number of pyridine rings is 1. The van der Waals surface area contributed by atoms with Crippen LogP contribution < -0.4 is 0 Å². The summed E-state index contributed by atoms with van der Waals surface area (Å²) in [4.78, 5) is 18.5. The Bertz CT molecular complexity index is 808. The Kier molecular flexibility index (Phi) is 2.96. The number of carbonyl (C=O) groups is 1. The molecule has 0 aliphatic heterocycles. The number of carboxylic acid groups (broad SMARTS) is 1. The summed E-state index contributed by atoms with van der Waals surface area (Å²) in [5, 5.41) is 13.1. The van der Waals surface area contributed by atoms with Crippen molar-refractivity contribution in [1.29, 1.82) is 0 Å². The van der Waals surface area contributed by atoms with Crippen molar-refractivity contribution in [2.45, 2.75) is 0 Å². The van der Waals surface area contributed by atoms with E-state index >= 15 is 0 Å². The third-order valence-electron chi connectivity index (χ3n) is 2.80. The van der Waals surface area contributed by atoms with Crippen molar-refractivity contribution in [2.24, 2.45) is 0 Å². The highest BCUT2D eigenvalue weighted by Crippen LogP contribution is 2.13. The molecule has 0 radical (unpaired) electrons. The minimum atomic E-state index is -1.07. The van der Waals surface area contributed by atoms with Gasteiger partial charge in [-0.05, 0) is 30.4 Å². The Hall–Kier alpha value is -3.02. The molecule has 3 aromatic heterocycles. The van der Waals surface area contributed by atoms with Crippen molar-refractivity contribution in [3.05, 3.63) is 59.9 Å². The SMILES string of the molecule is O=C(O)c1cc(/C=C/c2cnn3ccccc23)ncn1. The predicted molar refractivity (Wildman–Crippen MR) is 73.1 cm³/mol. The first-order chi connectivity index (χ1) is 9.74. The molecule has 0 amide bonds. The number of fused-ring (bicyclic) bond motifs is 1. The molecule has 0 saturated heterocycles. The van der Waals surface area contributed by atoms with E-state index in [1.54, 1.807) is 16.8 Å². The normalized spacial score (nSPS) is 11.2. The average Bonchev–Trinajstić information content (AvgIpc) is 2.89. The fourth-order valence-corrected chi connectivity index (χ4v) is 1.84. The van der Waals surface area contributed by atoms with E-state index < -0.39 is 5.97 Å². The molecule has 0 spiro atoms. The van der Waals surface area contributed by atoms with Crippen molar-refractivity contribution in [1.82, 2.24) is 19.6 Å². The minimum absolute atomic E-state index is 0.0282. The molecule has 0 aromatic carbocycles. The van der Waals surface area contributed by atoms with Gasteiger partial charge in [0.05, 0.1) is 17.4 Å². The predicted octanol–water partition coefficient (Wildman–Crippen LogP) is 1.99. The number of aromatic nitrogens is 4. The van der Waals surface area contributed by atoms with E-state index in [0.717, 1.165) is 11.1 Å². The van der Waals surface area contributed by atoms with Gasteiger partial charge in [-0.3, -0.25) is 0 Å². The highest BCUT2D eigenvalue weighted by molar-refractivity contribution is 5.86. The van der Waals surface area contributed by atoms with Crippen LogP contribution >= 0.6 is 0 Å². The second kappa shape index (κ2) is 4.93. The van der Waals surface area contributed by atoms with Crippen molar-refractivity contribution in [3.63, 3.8) is 0 Å². The van der Waals surface area contributed by atoms with E-state index in [2.05, 4.69) is 15.1 Å². The van der Waals surface area contributed by atoms with Crippen LogP contribution in [0.4, 0.5) is 0 Å². The Morgan fingerprint density at radius 1 is 1.25 bits per heavy atom. The van der Waals surface area contributed by atoms with Crippen molar-refractivity contribution in [2.75, 3.05) is 0 Å². The molecule has 3 heterocycles. The van der Waals surface area contributed by atoms with Crippen LogP contribution in [0.15, 0.2) is 43.0 Å². The molecule has 0 saturated carbocycles. The largest absolute Gasteiger partial charge is 0.477 e. The van der Waals surface area contributed by atoms with Crippen molar-refractivity contribution >= 4 is 23.6 Å². The molecular formula is C14H10N4O2. The zero-order chi connectivity index (χ0) is 13.9. The van der Waals surface area contributed by atoms with E-state index in [-0.39, 0.29) is 5.69 Å². The van der Waals surface area contributed by atoms with Crippen LogP contribution in [0.5, 0.6) is 0 Å².